The molecule has 0 bridgehead atoms. The van der Waals surface area contributed by atoms with Gasteiger partial charge >= 0.3 is 0 Å². The fourth-order valence-electron chi connectivity index (χ4n) is 4.27. The number of benzene rings is 2. The molecule has 1 aliphatic carbocycles. The maximum atomic E-state index is 6.07. The van der Waals surface area contributed by atoms with Crippen molar-refractivity contribution >= 4 is 0 Å². The molecule has 1 saturated carbocycles. The molecule has 1 fully saturated rings. The lowest BCUT2D eigenvalue weighted by Crippen LogP contribution is -2.35. The predicted molar refractivity (Wildman–Crippen MR) is 120 cm³/mol. The van der Waals surface area contributed by atoms with E-state index in [1.807, 2.05) is 19.1 Å². The van der Waals surface area contributed by atoms with Crippen LogP contribution < -0.4 is 5.32 Å². The van der Waals surface area contributed by atoms with Gasteiger partial charge in [0.15, 0.2) is 0 Å². The van der Waals surface area contributed by atoms with Crippen molar-refractivity contribution in [2.75, 3.05) is 6.61 Å². The van der Waals surface area contributed by atoms with Crippen molar-refractivity contribution in [3.8, 4) is 11.5 Å². The van der Waals surface area contributed by atoms with Crippen molar-refractivity contribution in [3.63, 3.8) is 0 Å². The van der Waals surface area contributed by atoms with Gasteiger partial charge in [-0.1, -0.05) is 54.4 Å². The first kappa shape index (κ1) is 20.8. The third-order valence-corrected chi connectivity index (χ3v) is 5.97. The highest BCUT2D eigenvalue weighted by Crippen LogP contribution is 2.26. The van der Waals surface area contributed by atoms with E-state index in [9.17, 15) is 0 Å². The Labute approximate surface area is 179 Å². The van der Waals surface area contributed by atoms with Crippen LogP contribution in [0.5, 0.6) is 0 Å². The fourth-order valence-corrected chi connectivity index (χ4v) is 4.27. The van der Waals surface area contributed by atoms with E-state index >= 15 is 0 Å². The Kier molecular flexibility index (Phi) is 6.98. The lowest BCUT2D eigenvalue weighted by atomic mass is 9.86. The summed E-state index contributed by atoms with van der Waals surface area (Å²) in [6, 6.07) is 19.5. The number of aryl methyl sites for hydroxylation is 2. The average molecular weight is 405 g/mol. The van der Waals surface area contributed by atoms with Gasteiger partial charge < -0.3 is 14.5 Å². The molecule has 0 saturated heterocycles. The van der Waals surface area contributed by atoms with E-state index in [0.29, 0.717) is 24.5 Å². The normalized spacial score (nSPS) is 19.1. The van der Waals surface area contributed by atoms with Gasteiger partial charge in [0.05, 0.1) is 6.61 Å². The molecule has 2 atom stereocenters. The number of nitrogens with zero attached hydrogens (tertiary/aromatic N) is 1. The van der Waals surface area contributed by atoms with Gasteiger partial charge in [-0.25, -0.2) is 4.98 Å². The summed E-state index contributed by atoms with van der Waals surface area (Å²) >= 11 is 0. The molecule has 0 aliphatic heterocycles. The van der Waals surface area contributed by atoms with E-state index in [1.54, 1.807) is 0 Å². The smallest absolute Gasteiger partial charge is 0.226 e. The first-order chi connectivity index (χ1) is 14.7. The van der Waals surface area contributed by atoms with Crippen molar-refractivity contribution in [3.05, 3.63) is 77.2 Å². The Morgan fingerprint density at radius 2 is 1.93 bits per heavy atom. The number of hydrogen-bond donors (Lipinski definition) is 1. The van der Waals surface area contributed by atoms with Crippen molar-refractivity contribution in [2.24, 2.45) is 5.92 Å². The third kappa shape index (κ3) is 5.59. The van der Waals surface area contributed by atoms with Gasteiger partial charge in [0.2, 0.25) is 5.89 Å². The number of nitrogens with one attached hydrogen (secondary N) is 1. The maximum absolute atomic E-state index is 6.07. The first-order valence-corrected chi connectivity index (χ1v) is 11.1. The Hall–Kier alpha value is -2.43. The minimum absolute atomic E-state index is 0.514. The highest BCUT2D eigenvalue weighted by molar-refractivity contribution is 5.54. The van der Waals surface area contributed by atoms with Gasteiger partial charge in [-0.05, 0) is 56.7 Å². The molecule has 0 amide bonds. The predicted octanol–water partition coefficient (Wildman–Crippen LogP) is 5.82. The molecule has 1 aliphatic rings. The molecule has 0 radical (unpaired) electrons. The summed E-state index contributed by atoms with van der Waals surface area (Å²) in [5.74, 6) is 2.13. The highest BCUT2D eigenvalue weighted by Gasteiger charge is 2.22. The standard InChI is InChI=1S/C26H32N2O2/c1-19-8-6-12-23(14-19)26-28-25(20(2)30-26)18-29-17-22-11-7-13-24(15-22)27-16-21-9-4-3-5-10-21/h3-6,8-10,12,14,22,24,27H,7,11,13,15-18H2,1-2H3. The summed E-state index contributed by atoms with van der Waals surface area (Å²) < 4.78 is 12.0. The van der Waals surface area contributed by atoms with Crippen LogP contribution in [0.2, 0.25) is 0 Å². The molecule has 1 heterocycles. The monoisotopic (exact) mass is 404 g/mol. The summed E-state index contributed by atoms with van der Waals surface area (Å²) in [5, 5.41) is 3.73. The molecule has 2 aromatic carbocycles. The molecule has 30 heavy (non-hydrogen) atoms. The first-order valence-electron chi connectivity index (χ1n) is 11.1. The zero-order chi connectivity index (χ0) is 20.8. The van der Waals surface area contributed by atoms with Crippen molar-refractivity contribution < 1.29 is 9.15 Å². The van der Waals surface area contributed by atoms with Gasteiger partial charge in [0, 0.05) is 24.8 Å². The molecule has 2 unspecified atom stereocenters. The van der Waals surface area contributed by atoms with Crippen LogP contribution in [0.25, 0.3) is 11.5 Å². The van der Waals surface area contributed by atoms with Crippen LogP contribution in [0.4, 0.5) is 0 Å². The largest absolute Gasteiger partial charge is 0.441 e. The van der Waals surface area contributed by atoms with E-state index in [4.69, 9.17) is 9.15 Å². The quantitative estimate of drug-likeness (QED) is 0.514. The van der Waals surface area contributed by atoms with Gasteiger partial charge in [0.25, 0.3) is 0 Å². The number of oxazole rings is 1. The number of hydrogen-bond acceptors (Lipinski definition) is 4. The Balaban J connectivity index is 1.25. The van der Waals surface area contributed by atoms with Gasteiger partial charge in [-0.15, -0.1) is 0 Å². The van der Waals surface area contributed by atoms with Crippen molar-refractivity contribution in [2.45, 2.75) is 58.7 Å². The van der Waals surface area contributed by atoms with Crippen LogP contribution in [-0.4, -0.2) is 17.6 Å². The third-order valence-electron chi connectivity index (χ3n) is 5.97. The summed E-state index contributed by atoms with van der Waals surface area (Å²) in [5.41, 5.74) is 4.47. The zero-order valence-electron chi connectivity index (χ0n) is 18.1. The van der Waals surface area contributed by atoms with E-state index in [2.05, 4.69) is 59.7 Å². The van der Waals surface area contributed by atoms with Crippen LogP contribution >= 0.6 is 0 Å². The van der Waals surface area contributed by atoms with Gasteiger partial charge in [-0.2, -0.15) is 0 Å². The van der Waals surface area contributed by atoms with E-state index < -0.39 is 0 Å². The van der Waals surface area contributed by atoms with Gasteiger partial charge in [0.1, 0.15) is 11.5 Å². The minimum atomic E-state index is 0.514. The number of aromatic nitrogens is 1. The molecular weight excluding hydrogens is 372 g/mol. The van der Waals surface area contributed by atoms with Crippen LogP contribution in [0.15, 0.2) is 59.0 Å². The fraction of sp³-hybridized carbons (Fsp3) is 0.423. The maximum Gasteiger partial charge on any atom is 0.226 e. The molecular formula is C26H32N2O2. The topological polar surface area (TPSA) is 47.3 Å². The molecule has 0 spiro atoms. The lowest BCUT2D eigenvalue weighted by Gasteiger charge is -2.29. The SMILES string of the molecule is Cc1cccc(-c2nc(COCC3CCCC(NCc4ccccc4)C3)c(C)o2)c1. The van der Waals surface area contributed by atoms with E-state index in [1.165, 1.54) is 36.8 Å². The zero-order valence-corrected chi connectivity index (χ0v) is 18.1. The molecule has 4 rings (SSSR count). The second-order valence-corrected chi connectivity index (χ2v) is 8.50. The van der Waals surface area contributed by atoms with E-state index in [-0.39, 0.29) is 0 Å². The molecule has 1 aromatic heterocycles. The van der Waals surface area contributed by atoms with Crippen molar-refractivity contribution in [1.82, 2.24) is 10.3 Å². The van der Waals surface area contributed by atoms with Crippen LogP contribution in [0.3, 0.4) is 0 Å². The summed E-state index contributed by atoms with van der Waals surface area (Å²) in [4.78, 5) is 4.68. The van der Waals surface area contributed by atoms with Gasteiger partial charge in [-0.3, -0.25) is 0 Å². The molecule has 3 aromatic rings. The molecule has 4 nitrogen and oxygen atoms in total. The average Bonchev–Trinajstić information content (AvgIpc) is 3.14. The minimum Gasteiger partial charge on any atom is -0.441 e. The van der Waals surface area contributed by atoms with E-state index in [0.717, 1.165) is 30.2 Å². The second kappa shape index (κ2) is 10.1. The summed E-state index contributed by atoms with van der Waals surface area (Å²) in [7, 11) is 0. The van der Waals surface area contributed by atoms with Crippen LogP contribution in [-0.2, 0) is 17.9 Å². The van der Waals surface area contributed by atoms with Crippen molar-refractivity contribution in [1.29, 1.82) is 0 Å². The van der Waals surface area contributed by atoms with Crippen LogP contribution in [0.1, 0.15) is 48.3 Å². The highest BCUT2D eigenvalue weighted by atomic mass is 16.5. The molecule has 158 valence electrons. The number of ether oxygens (including phenoxy) is 1. The molecule has 4 heteroatoms. The Morgan fingerprint density at radius 3 is 2.77 bits per heavy atom. The Morgan fingerprint density at radius 1 is 1.07 bits per heavy atom. The number of rotatable bonds is 8. The second-order valence-electron chi connectivity index (χ2n) is 8.50. The lowest BCUT2D eigenvalue weighted by molar-refractivity contribution is 0.0658. The summed E-state index contributed by atoms with van der Waals surface area (Å²) in [6.07, 6.45) is 4.95. The Bertz CT molecular complexity index is 935. The molecule has 1 N–H and O–H groups in total. The van der Waals surface area contributed by atoms with Crippen LogP contribution in [0, 0.1) is 19.8 Å². The summed E-state index contributed by atoms with van der Waals surface area (Å²) in [6.45, 7) is 6.29.